The molecular formula is C12H22N2O3. The van der Waals surface area contributed by atoms with Crippen molar-refractivity contribution in [2.24, 2.45) is 5.92 Å². The third kappa shape index (κ3) is 5.17. The highest BCUT2D eigenvalue weighted by molar-refractivity contribution is 5.76. The molecule has 5 heteroatoms. The first-order valence-electron chi connectivity index (χ1n) is 6.13. The van der Waals surface area contributed by atoms with Gasteiger partial charge >= 0.3 is 5.97 Å². The summed E-state index contributed by atoms with van der Waals surface area (Å²) in [5.41, 5.74) is 0. The fourth-order valence-electron chi connectivity index (χ4n) is 2.19. The van der Waals surface area contributed by atoms with E-state index in [1.165, 1.54) is 0 Å². The van der Waals surface area contributed by atoms with Gasteiger partial charge in [0.2, 0.25) is 5.91 Å². The molecule has 1 saturated heterocycles. The Kier molecular flexibility index (Phi) is 5.41. The number of rotatable bonds is 6. The summed E-state index contributed by atoms with van der Waals surface area (Å²) in [7, 11) is 3.82. The van der Waals surface area contributed by atoms with Crippen molar-refractivity contribution in [3.63, 3.8) is 0 Å². The van der Waals surface area contributed by atoms with Gasteiger partial charge < -0.3 is 14.9 Å². The maximum atomic E-state index is 11.8. The summed E-state index contributed by atoms with van der Waals surface area (Å²) in [5.74, 6) is -0.201. The molecule has 0 spiro atoms. The standard InChI is InChI=1S/C12H22N2O3/c1-13-7-5-10(9-13)8-11(15)14(2)6-3-4-12(16)17/h10H,3-9H2,1-2H3,(H,16,17). The molecule has 1 atom stereocenters. The van der Waals surface area contributed by atoms with E-state index in [-0.39, 0.29) is 12.3 Å². The second-order valence-electron chi connectivity index (χ2n) is 4.93. The van der Waals surface area contributed by atoms with E-state index in [4.69, 9.17) is 5.11 Å². The largest absolute Gasteiger partial charge is 0.481 e. The summed E-state index contributed by atoms with van der Waals surface area (Å²) in [4.78, 5) is 26.1. The van der Waals surface area contributed by atoms with Crippen LogP contribution in [0, 0.1) is 5.92 Å². The first-order valence-corrected chi connectivity index (χ1v) is 6.13. The second kappa shape index (κ2) is 6.59. The maximum absolute atomic E-state index is 11.8. The molecule has 1 aliphatic heterocycles. The molecular weight excluding hydrogens is 220 g/mol. The van der Waals surface area contributed by atoms with Crippen molar-refractivity contribution in [1.82, 2.24) is 9.80 Å². The fraction of sp³-hybridized carbons (Fsp3) is 0.833. The lowest BCUT2D eigenvalue weighted by Gasteiger charge is -2.19. The van der Waals surface area contributed by atoms with Crippen LogP contribution in [0.3, 0.4) is 0 Å². The second-order valence-corrected chi connectivity index (χ2v) is 4.93. The predicted octanol–water partition coefficient (Wildman–Crippen LogP) is 0.651. The SMILES string of the molecule is CN1CCC(CC(=O)N(C)CCCC(=O)O)C1. The molecule has 0 aromatic heterocycles. The Balaban J connectivity index is 2.20. The molecule has 1 aliphatic rings. The minimum absolute atomic E-state index is 0.129. The van der Waals surface area contributed by atoms with Crippen LogP contribution in [0.5, 0.6) is 0 Å². The molecule has 1 heterocycles. The van der Waals surface area contributed by atoms with Crippen molar-refractivity contribution < 1.29 is 14.7 Å². The molecule has 1 unspecified atom stereocenters. The predicted molar refractivity (Wildman–Crippen MR) is 64.7 cm³/mol. The average Bonchev–Trinajstić information content (AvgIpc) is 2.63. The molecule has 0 bridgehead atoms. The van der Waals surface area contributed by atoms with E-state index in [1.54, 1.807) is 11.9 Å². The van der Waals surface area contributed by atoms with Gasteiger partial charge in [-0.2, -0.15) is 0 Å². The van der Waals surface area contributed by atoms with Crippen molar-refractivity contribution in [3.05, 3.63) is 0 Å². The molecule has 0 aliphatic carbocycles. The lowest BCUT2D eigenvalue weighted by atomic mass is 10.0. The summed E-state index contributed by atoms with van der Waals surface area (Å²) in [6, 6.07) is 0. The first-order chi connectivity index (χ1) is 7.99. The van der Waals surface area contributed by atoms with Gasteiger partial charge in [-0.25, -0.2) is 0 Å². The highest BCUT2D eigenvalue weighted by Gasteiger charge is 2.23. The van der Waals surface area contributed by atoms with Gasteiger partial charge in [0.15, 0.2) is 0 Å². The number of carboxylic acids is 1. The van der Waals surface area contributed by atoms with Gasteiger partial charge in [-0.1, -0.05) is 0 Å². The molecule has 1 amide bonds. The Hall–Kier alpha value is -1.10. The van der Waals surface area contributed by atoms with Gasteiger partial charge in [0.25, 0.3) is 0 Å². The van der Waals surface area contributed by atoms with Crippen LogP contribution < -0.4 is 0 Å². The van der Waals surface area contributed by atoms with E-state index in [2.05, 4.69) is 11.9 Å². The first kappa shape index (κ1) is 14.0. The van der Waals surface area contributed by atoms with E-state index >= 15 is 0 Å². The molecule has 0 aromatic carbocycles. The summed E-state index contributed by atoms with van der Waals surface area (Å²) >= 11 is 0. The normalized spacial score (nSPS) is 20.5. The number of likely N-dealkylation sites (tertiary alicyclic amines) is 1. The quantitative estimate of drug-likeness (QED) is 0.743. The third-order valence-corrected chi connectivity index (χ3v) is 3.26. The smallest absolute Gasteiger partial charge is 0.303 e. The highest BCUT2D eigenvalue weighted by atomic mass is 16.4. The van der Waals surface area contributed by atoms with Gasteiger partial charge in [0.05, 0.1) is 0 Å². The van der Waals surface area contributed by atoms with Gasteiger partial charge in [-0.05, 0) is 32.4 Å². The van der Waals surface area contributed by atoms with E-state index in [9.17, 15) is 9.59 Å². The molecule has 98 valence electrons. The number of nitrogens with zero attached hydrogens (tertiary/aromatic N) is 2. The zero-order valence-electron chi connectivity index (χ0n) is 10.7. The van der Waals surface area contributed by atoms with Crippen LogP contribution in [0.25, 0.3) is 0 Å². The van der Waals surface area contributed by atoms with E-state index in [0.29, 0.717) is 25.3 Å². The minimum Gasteiger partial charge on any atom is -0.481 e. The van der Waals surface area contributed by atoms with Crippen LogP contribution in [-0.4, -0.2) is 60.5 Å². The number of carbonyl (C=O) groups is 2. The number of carboxylic acid groups (broad SMARTS) is 1. The van der Waals surface area contributed by atoms with Crippen LogP contribution in [0.4, 0.5) is 0 Å². The molecule has 0 aromatic rings. The van der Waals surface area contributed by atoms with Gasteiger partial charge in [0, 0.05) is 33.0 Å². The minimum atomic E-state index is -0.803. The topological polar surface area (TPSA) is 60.9 Å². The van der Waals surface area contributed by atoms with Crippen molar-refractivity contribution in [2.75, 3.05) is 33.7 Å². The van der Waals surface area contributed by atoms with E-state index in [0.717, 1.165) is 19.5 Å². The lowest BCUT2D eigenvalue weighted by molar-refractivity contribution is -0.138. The Morgan fingerprint density at radius 1 is 1.47 bits per heavy atom. The Morgan fingerprint density at radius 3 is 2.71 bits per heavy atom. The fourth-order valence-corrected chi connectivity index (χ4v) is 2.19. The van der Waals surface area contributed by atoms with Gasteiger partial charge in [-0.15, -0.1) is 0 Å². The van der Waals surface area contributed by atoms with Gasteiger partial charge in [-0.3, -0.25) is 9.59 Å². The highest BCUT2D eigenvalue weighted by Crippen LogP contribution is 2.18. The van der Waals surface area contributed by atoms with Crippen LogP contribution in [-0.2, 0) is 9.59 Å². The van der Waals surface area contributed by atoms with Crippen molar-refractivity contribution in [2.45, 2.75) is 25.7 Å². The Labute approximate surface area is 102 Å². The third-order valence-electron chi connectivity index (χ3n) is 3.26. The zero-order chi connectivity index (χ0) is 12.8. The monoisotopic (exact) mass is 242 g/mol. The van der Waals surface area contributed by atoms with Crippen LogP contribution >= 0.6 is 0 Å². The number of hydrogen-bond acceptors (Lipinski definition) is 3. The zero-order valence-corrected chi connectivity index (χ0v) is 10.7. The summed E-state index contributed by atoms with van der Waals surface area (Å²) in [5, 5.41) is 8.51. The Morgan fingerprint density at radius 2 is 2.18 bits per heavy atom. The van der Waals surface area contributed by atoms with Crippen LogP contribution in [0.1, 0.15) is 25.7 Å². The number of aliphatic carboxylic acids is 1. The molecule has 0 saturated carbocycles. The number of carbonyl (C=O) groups excluding carboxylic acids is 1. The summed E-state index contributed by atoms with van der Waals surface area (Å²) in [6.07, 6.45) is 2.34. The maximum Gasteiger partial charge on any atom is 0.303 e. The molecule has 1 fully saturated rings. The van der Waals surface area contributed by atoms with Crippen molar-refractivity contribution in [1.29, 1.82) is 0 Å². The van der Waals surface area contributed by atoms with Gasteiger partial charge in [0.1, 0.15) is 0 Å². The van der Waals surface area contributed by atoms with Crippen LogP contribution in [0.15, 0.2) is 0 Å². The van der Waals surface area contributed by atoms with E-state index in [1.807, 2.05) is 0 Å². The van der Waals surface area contributed by atoms with Crippen molar-refractivity contribution in [3.8, 4) is 0 Å². The lowest BCUT2D eigenvalue weighted by Crippen LogP contribution is -2.30. The molecule has 17 heavy (non-hydrogen) atoms. The number of amides is 1. The van der Waals surface area contributed by atoms with Crippen LogP contribution in [0.2, 0.25) is 0 Å². The van der Waals surface area contributed by atoms with E-state index < -0.39 is 5.97 Å². The molecule has 1 rings (SSSR count). The summed E-state index contributed by atoms with van der Waals surface area (Å²) in [6.45, 7) is 2.60. The Bertz CT molecular complexity index is 281. The molecule has 1 N–H and O–H groups in total. The average molecular weight is 242 g/mol. The molecule has 0 radical (unpaired) electrons. The van der Waals surface area contributed by atoms with Crippen molar-refractivity contribution >= 4 is 11.9 Å². The number of hydrogen-bond donors (Lipinski definition) is 1. The summed E-state index contributed by atoms with van der Waals surface area (Å²) < 4.78 is 0. The molecule has 5 nitrogen and oxygen atoms in total.